The Morgan fingerprint density at radius 1 is 0.958 bits per heavy atom. The van der Waals surface area contributed by atoms with Crippen molar-refractivity contribution in [2.24, 2.45) is 5.41 Å². The van der Waals surface area contributed by atoms with Crippen molar-refractivity contribution >= 4 is 13.4 Å². The van der Waals surface area contributed by atoms with Crippen LogP contribution in [0.25, 0.3) is 0 Å². The quantitative estimate of drug-likeness (QED) is 0.546. The summed E-state index contributed by atoms with van der Waals surface area (Å²) < 4.78 is 0. The first-order valence-electron chi connectivity index (χ1n) is 10.2. The molecule has 0 bridgehead atoms. The zero-order valence-electron chi connectivity index (χ0n) is 16.1. The van der Waals surface area contributed by atoms with Gasteiger partial charge in [0.25, 0.3) is 0 Å². The smallest absolute Gasteiger partial charge is 0.0638 e. The van der Waals surface area contributed by atoms with Gasteiger partial charge in [-0.05, 0) is 68.4 Å². The molecule has 0 amide bonds. The highest BCUT2D eigenvalue weighted by atomic mass is 31.1. The predicted molar refractivity (Wildman–Crippen MR) is 108 cm³/mol. The molecule has 2 aliphatic carbocycles. The van der Waals surface area contributed by atoms with E-state index in [1.165, 1.54) is 76.1 Å². The van der Waals surface area contributed by atoms with Crippen LogP contribution in [0.1, 0.15) is 91.4 Å². The lowest BCUT2D eigenvalue weighted by Crippen LogP contribution is -2.28. The Bertz CT molecular complexity index is 494. The minimum Gasteiger partial charge on any atom is -0.257 e. The first kappa shape index (κ1) is 18.4. The minimum atomic E-state index is -0.182. The predicted octanol–water partition coefficient (Wildman–Crippen LogP) is 6.66. The Hall–Kier alpha value is -0.420. The number of aromatic nitrogens is 1. The molecule has 0 aromatic carbocycles. The van der Waals surface area contributed by atoms with E-state index in [9.17, 15) is 0 Å². The topological polar surface area (TPSA) is 12.9 Å². The average molecular weight is 346 g/mol. The molecule has 1 aromatic rings. The molecule has 3 rings (SSSR count). The van der Waals surface area contributed by atoms with Crippen molar-refractivity contribution in [1.82, 2.24) is 4.98 Å². The van der Waals surface area contributed by atoms with Crippen LogP contribution in [-0.2, 0) is 0 Å². The van der Waals surface area contributed by atoms with Crippen LogP contribution < -0.4 is 5.44 Å². The highest BCUT2D eigenvalue weighted by Crippen LogP contribution is 2.62. The minimum absolute atomic E-state index is 0.182. The first-order valence-corrected chi connectivity index (χ1v) is 11.6. The molecule has 134 valence electrons. The Labute approximate surface area is 150 Å². The number of nitrogens with zero attached hydrogens (tertiary/aromatic N) is 1. The summed E-state index contributed by atoms with van der Waals surface area (Å²) in [5, 5.41) is 0.360. The van der Waals surface area contributed by atoms with Crippen LogP contribution in [0, 0.1) is 5.41 Å². The molecule has 1 aromatic heterocycles. The van der Waals surface area contributed by atoms with E-state index in [1.807, 2.05) is 6.20 Å². The molecule has 0 aliphatic heterocycles. The van der Waals surface area contributed by atoms with E-state index in [0.29, 0.717) is 10.6 Å². The van der Waals surface area contributed by atoms with Crippen molar-refractivity contribution in [2.45, 2.75) is 102 Å². The van der Waals surface area contributed by atoms with E-state index in [-0.39, 0.29) is 7.92 Å². The van der Waals surface area contributed by atoms with Gasteiger partial charge in [0.15, 0.2) is 0 Å². The normalized spacial score (nSPS) is 26.5. The summed E-state index contributed by atoms with van der Waals surface area (Å²) in [6, 6.07) is 6.55. The monoisotopic (exact) mass is 345 g/mol. The lowest BCUT2D eigenvalue weighted by Gasteiger charge is -2.37. The van der Waals surface area contributed by atoms with Gasteiger partial charge >= 0.3 is 0 Å². The van der Waals surface area contributed by atoms with Gasteiger partial charge in [0, 0.05) is 6.20 Å². The van der Waals surface area contributed by atoms with E-state index in [4.69, 9.17) is 4.98 Å². The van der Waals surface area contributed by atoms with Gasteiger partial charge in [-0.15, -0.1) is 0 Å². The summed E-state index contributed by atoms with van der Waals surface area (Å²) in [4.78, 5) is 4.80. The van der Waals surface area contributed by atoms with Crippen molar-refractivity contribution < 1.29 is 0 Å². The number of hydrogen-bond acceptors (Lipinski definition) is 1. The van der Waals surface area contributed by atoms with E-state index < -0.39 is 0 Å². The fraction of sp³-hybridized carbons (Fsp3) is 0.773. The first-order chi connectivity index (χ1) is 11.5. The lowest BCUT2D eigenvalue weighted by molar-refractivity contribution is 0.237. The summed E-state index contributed by atoms with van der Waals surface area (Å²) in [5.41, 5.74) is 2.95. The van der Waals surface area contributed by atoms with Crippen molar-refractivity contribution in [3.05, 3.63) is 24.4 Å². The molecule has 1 spiro atoms. The van der Waals surface area contributed by atoms with E-state index in [0.717, 1.165) is 5.66 Å². The van der Waals surface area contributed by atoms with Crippen LogP contribution in [0.2, 0.25) is 0 Å². The molecule has 2 unspecified atom stereocenters. The second-order valence-corrected chi connectivity index (χ2v) is 12.5. The van der Waals surface area contributed by atoms with Gasteiger partial charge in [0.05, 0.1) is 5.44 Å². The molecule has 2 heteroatoms. The van der Waals surface area contributed by atoms with Crippen molar-refractivity contribution in [2.75, 3.05) is 0 Å². The molecule has 2 atom stereocenters. The third-order valence-electron chi connectivity index (χ3n) is 6.32. The maximum Gasteiger partial charge on any atom is 0.0638 e. The van der Waals surface area contributed by atoms with Gasteiger partial charge < -0.3 is 0 Å². The SMILES string of the molecule is CC(C)(C)P(c1ccccn1)C1CCC2(CCCCCCCC2)C1. The number of rotatable bonds is 2. The molecule has 24 heavy (non-hydrogen) atoms. The summed E-state index contributed by atoms with van der Waals surface area (Å²) in [7, 11) is -0.182. The molecular weight excluding hydrogens is 309 g/mol. The van der Waals surface area contributed by atoms with E-state index >= 15 is 0 Å². The van der Waals surface area contributed by atoms with Crippen molar-refractivity contribution in [3.8, 4) is 0 Å². The maximum absolute atomic E-state index is 4.80. The Morgan fingerprint density at radius 3 is 2.21 bits per heavy atom. The molecule has 0 N–H and O–H groups in total. The second kappa shape index (κ2) is 7.86. The highest BCUT2D eigenvalue weighted by Gasteiger charge is 2.44. The van der Waals surface area contributed by atoms with Gasteiger partial charge in [0.2, 0.25) is 0 Å². The fourth-order valence-corrected chi connectivity index (χ4v) is 8.81. The highest BCUT2D eigenvalue weighted by molar-refractivity contribution is 7.67. The van der Waals surface area contributed by atoms with Crippen molar-refractivity contribution in [3.63, 3.8) is 0 Å². The molecule has 2 fully saturated rings. The molecule has 1 nitrogen and oxygen atoms in total. The third-order valence-corrected chi connectivity index (χ3v) is 9.70. The fourth-order valence-electron chi connectivity index (χ4n) is 5.26. The second-order valence-electron chi connectivity index (χ2n) is 9.25. The Kier molecular flexibility index (Phi) is 6.02. The summed E-state index contributed by atoms with van der Waals surface area (Å²) in [6.45, 7) is 7.34. The van der Waals surface area contributed by atoms with E-state index in [2.05, 4.69) is 39.0 Å². The average Bonchev–Trinajstić information content (AvgIpc) is 2.98. The van der Waals surface area contributed by atoms with Crippen LogP contribution >= 0.6 is 7.92 Å². The standard InChI is InChI=1S/C22H36NP/c1-21(2,3)24(20-12-8-11-17-23-20)19-13-16-22(18-19)14-9-6-4-5-7-10-15-22/h8,11-12,17,19H,4-7,9-10,13-16,18H2,1-3H3. The van der Waals surface area contributed by atoms with Gasteiger partial charge in [0.1, 0.15) is 0 Å². The van der Waals surface area contributed by atoms with Gasteiger partial charge in [-0.1, -0.05) is 65.4 Å². The van der Waals surface area contributed by atoms with Crippen LogP contribution in [0.4, 0.5) is 0 Å². The zero-order chi connectivity index (χ0) is 17.0. The van der Waals surface area contributed by atoms with Gasteiger partial charge in [-0.2, -0.15) is 0 Å². The maximum atomic E-state index is 4.80. The molecule has 2 aliphatic rings. The Morgan fingerprint density at radius 2 is 1.62 bits per heavy atom. The largest absolute Gasteiger partial charge is 0.257 e. The van der Waals surface area contributed by atoms with E-state index in [1.54, 1.807) is 0 Å². The summed E-state index contributed by atoms with van der Waals surface area (Å²) in [6.07, 6.45) is 18.3. The third kappa shape index (κ3) is 4.40. The van der Waals surface area contributed by atoms with Crippen LogP contribution in [0.3, 0.4) is 0 Å². The van der Waals surface area contributed by atoms with Gasteiger partial charge in [-0.25, -0.2) is 0 Å². The number of pyridine rings is 1. The van der Waals surface area contributed by atoms with Gasteiger partial charge in [-0.3, -0.25) is 4.98 Å². The molecular formula is C22H36NP. The molecule has 2 saturated carbocycles. The molecule has 0 saturated heterocycles. The van der Waals surface area contributed by atoms with Crippen LogP contribution in [-0.4, -0.2) is 15.8 Å². The van der Waals surface area contributed by atoms with Crippen LogP contribution in [0.15, 0.2) is 24.4 Å². The zero-order valence-corrected chi connectivity index (χ0v) is 17.0. The van der Waals surface area contributed by atoms with Crippen LogP contribution in [0.5, 0.6) is 0 Å². The lowest BCUT2D eigenvalue weighted by atomic mass is 9.77. The molecule has 1 heterocycles. The summed E-state index contributed by atoms with van der Waals surface area (Å²) in [5.74, 6) is 0. The summed E-state index contributed by atoms with van der Waals surface area (Å²) >= 11 is 0. The molecule has 0 radical (unpaired) electrons. The number of hydrogen-bond donors (Lipinski definition) is 0. The van der Waals surface area contributed by atoms with Crippen molar-refractivity contribution in [1.29, 1.82) is 0 Å². The Balaban J connectivity index is 1.78.